The summed E-state index contributed by atoms with van der Waals surface area (Å²) in [6.07, 6.45) is 1.08. The first-order valence-corrected chi connectivity index (χ1v) is 6.38. The Balaban J connectivity index is 2.31. The van der Waals surface area contributed by atoms with Gasteiger partial charge in [0.25, 0.3) is 0 Å². The summed E-state index contributed by atoms with van der Waals surface area (Å²) in [5, 5.41) is 13.4. The van der Waals surface area contributed by atoms with Gasteiger partial charge < -0.3 is 15.2 Å². The number of carbonyl (C=O) groups is 2. The number of amides is 1. The van der Waals surface area contributed by atoms with Gasteiger partial charge in [-0.15, -0.1) is 11.3 Å². The molecule has 0 fully saturated rings. The Morgan fingerprint density at radius 1 is 1.61 bits per heavy atom. The average Bonchev–Trinajstić information content (AvgIpc) is 2.82. The first-order chi connectivity index (χ1) is 8.52. The summed E-state index contributed by atoms with van der Waals surface area (Å²) in [6.45, 7) is 2.16. The molecule has 1 aromatic rings. The minimum Gasteiger partial charge on any atom is -0.476 e. The minimum atomic E-state index is -1.06. The SMILES string of the molecule is COC(C)CCC(=O)NCc1nc(C(=O)O)cs1. The lowest BCUT2D eigenvalue weighted by molar-refractivity contribution is -0.121. The molecule has 0 bridgehead atoms. The van der Waals surface area contributed by atoms with Crippen molar-refractivity contribution in [3.63, 3.8) is 0 Å². The van der Waals surface area contributed by atoms with Gasteiger partial charge in [-0.1, -0.05) is 0 Å². The molecule has 0 aromatic carbocycles. The number of nitrogens with zero attached hydrogens (tertiary/aromatic N) is 1. The van der Waals surface area contributed by atoms with Crippen molar-refractivity contribution in [1.82, 2.24) is 10.3 Å². The Hall–Kier alpha value is -1.47. The molecule has 0 saturated carbocycles. The van der Waals surface area contributed by atoms with Crippen LogP contribution in [-0.2, 0) is 16.1 Å². The summed E-state index contributed by atoms with van der Waals surface area (Å²) in [4.78, 5) is 25.9. The van der Waals surface area contributed by atoms with Crippen molar-refractivity contribution in [2.24, 2.45) is 0 Å². The van der Waals surface area contributed by atoms with Gasteiger partial charge >= 0.3 is 5.97 Å². The van der Waals surface area contributed by atoms with Gasteiger partial charge in [0.1, 0.15) is 5.01 Å². The number of aromatic carboxylic acids is 1. The molecular weight excluding hydrogens is 256 g/mol. The molecule has 0 aliphatic carbocycles. The molecule has 2 N–H and O–H groups in total. The van der Waals surface area contributed by atoms with E-state index in [1.807, 2.05) is 6.92 Å². The molecule has 0 aliphatic heterocycles. The molecule has 1 amide bonds. The molecule has 0 radical (unpaired) electrons. The number of ether oxygens (including phenoxy) is 1. The molecule has 100 valence electrons. The molecule has 6 nitrogen and oxygen atoms in total. The van der Waals surface area contributed by atoms with Crippen molar-refractivity contribution >= 4 is 23.2 Å². The van der Waals surface area contributed by atoms with Crippen LogP contribution in [0.3, 0.4) is 0 Å². The van der Waals surface area contributed by atoms with E-state index in [1.54, 1.807) is 7.11 Å². The summed E-state index contributed by atoms with van der Waals surface area (Å²) in [6, 6.07) is 0. The number of methoxy groups -OCH3 is 1. The molecule has 0 aliphatic rings. The molecule has 0 spiro atoms. The topological polar surface area (TPSA) is 88.5 Å². The highest BCUT2D eigenvalue weighted by Crippen LogP contribution is 2.09. The third kappa shape index (κ3) is 4.80. The molecule has 1 atom stereocenters. The van der Waals surface area contributed by atoms with E-state index < -0.39 is 5.97 Å². The average molecular weight is 272 g/mol. The van der Waals surface area contributed by atoms with Crippen LogP contribution >= 0.6 is 11.3 Å². The highest BCUT2D eigenvalue weighted by Gasteiger charge is 2.10. The number of thiazole rings is 1. The normalized spacial score (nSPS) is 12.1. The maximum atomic E-state index is 11.5. The number of hydrogen-bond acceptors (Lipinski definition) is 5. The maximum absolute atomic E-state index is 11.5. The summed E-state index contributed by atoms with van der Waals surface area (Å²) in [7, 11) is 1.60. The smallest absolute Gasteiger partial charge is 0.355 e. The quantitative estimate of drug-likeness (QED) is 0.780. The van der Waals surface area contributed by atoms with E-state index in [1.165, 1.54) is 16.7 Å². The molecule has 18 heavy (non-hydrogen) atoms. The van der Waals surface area contributed by atoms with E-state index in [-0.39, 0.29) is 24.2 Å². The number of carbonyl (C=O) groups excluding carboxylic acids is 1. The van der Waals surface area contributed by atoms with Crippen molar-refractivity contribution in [3.05, 3.63) is 16.1 Å². The number of aromatic nitrogens is 1. The van der Waals surface area contributed by atoms with Crippen molar-refractivity contribution in [2.75, 3.05) is 7.11 Å². The fourth-order valence-corrected chi connectivity index (χ4v) is 1.91. The van der Waals surface area contributed by atoms with E-state index in [9.17, 15) is 9.59 Å². The maximum Gasteiger partial charge on any atom is 0.355 e. The van der Waals surface area contributed by atoms with Gasteiger partial charge in [-0.3, -0.25) is 4.79 Å². The Bertz CT molecular complexity index is 419. The van der Waals surface area contributed by atoms with E-state index in [2.05, 4.69) is 10.3 Å². The van der Waals surface area contributed by atoms with Crippen LogP contribution in [0.25, 0.3) is 0 Å². The van der Waals surface area contributed by atoms with E-state index in [4.69, 9.17) is 9.84 Å². The molecule has 1 aromatic heterocycles. The van der Waals surface area contributed by atoms with Gasteiger partial charge in [-0.2, -0.15) is 0 Å². The molecule has 7 heteroatoms. The number of carboxylic acid groups (broad SMARTS) is 1. The second kappa shape index (κ2) is 7.07. The largest absolute Gasteiger partial charge is 0.476 e. The first kappa shape index (κ1) is 14.6. The van der Waals surface area contributed by atoms with E-state index in [0.29, 0.717) is 17.8 Å². The predicted octanol–water partition coefficient (Wildman–Crippen LogP) is 1.27. The van der Waals surface area contributed by atoms with Crippen LogP contribution in [0, 0.1) is 0 Å². The number of carboxylic acids is 1. The standard InChI is InChI=1S/C11H16N2O4S/c1-7(17-2)3-4-9(14)12-5-10-13-8(6-18-10)11(15)16/h6-7H,3-5H2,1-2H3,(H,12,14)(H,15,16). The van der Waals surface area contributed by atoms with Crippen LogP contribution in [-0.4, -0.2) is 35.2 Å². The Morgan fingerprint density at radius 3 is 2.89 bits per heavy atom. The van der Waals surface area contributed by atoms with Gasteiger partial charge in [-0.25, -0.2) is 9.78 Å². The Labute approximate surface area is 109 Å². The Kier molecular flexibility index (Phi) is 5.73. The van der Waals surface area contributed by atoms with Crippen LogP contribution in [0.4, 0.5) is 0 Å². The van der Waals surface area contributed by atoms with Crippen LogP contribution in [0.15, 0.2) is 5.38 Å². The lowest BCUT2D eigenvalue weighted by Crippen LogP contribution is -2.23. The molecule has 1 unspecified atom stereocenters. The number of nitrogens with one attached hydrogen (secondary N) is 1. The number of rotatable bonds is 7. The zero-order valence-electron chi connectivity index (χ0n) is 10.3. The van der Waals surface area contributed by atoms with Gasteiger partial charge in [0.05, 0.1) is 12.6 Å². The summed E-state index contributed by atoms with van der Waals surface area (Å²) >= 11 is 1.22. The predicted molar refractivity (Wildman–Crippen MR) is 66.6 cm³/mol. The third-order valence-corrected chi connectivity index (χ3v) is 3.24. The van der Waals surface area contributed by atoms with Gasteiger partial charge in [0.15, 0.2) is 5.69 Å². The van der Waals surface area contributed by atoms with Crippen molar-refractivity contribution in [2.45, 2.75) is 32.4 Å². The first-order valence-electron chi connectivity index (χ1n) is 5.50. The molecular formula is C11H16N2O4S. The van der Waals surface area contributed by atoms with E-state index >= 15 is 0 Å². The zero-order valence-corrected chi connectivity index (χ0v) is 11.1. The molecule has 0 saturated heterocycles. The lowest BCUT2D eigenvalue weighted by atomic mass is 10.2. The zero-order chi connectivity index (χ0) is 13.5. The van der Waals surface area contributed by atoms with Gasteiger partial charge in [-0.05, 0) is 13.3 Å². The van der Waals surface area contributed by atoms with Crippen LogP contribution < -0.4 is 5.32 Å². The fourth-order valence-electron chi connectivity index (χ4n) is 1.21. The summed E-state index contributed by atoms with van der Waals surface area (Å²) in [5.74, 6) is -1.15. The fraction of sp³-hybridized carbons (Fsp3) is 0.545. The monoisotopic (exact) mass is 272 g/mol. The van der Waals surface area contributed by atoms with Crippen LogP contribution in [0.5, 0.6) is 0 Å². The third-order valence-electron chi connectivity index (χ3n) is 2.39. The molecule has 1 rings (SSSR count). The van der Waals surface area contributed by atoms with Gasteiger partial charge in [0, 0.05) is 18.9 Å². The van der Waals surface area contributed by atoms with Gasteiger partial charge in [0.2, 0.25) is 5.91 Å². The van der Waals surface area contributed by atoms with Crippen molar-refractivity contribution < 1.29 is 19.4 Å². The van der Waals surface area contributed by atoms with Crippen molar-refractivity contribution in [3.8, 4) is 0 Å². The second-order valence-electron chi connectivity index (χ2n) is 3.79. The van der Waals surface area contributed by atoms with Crippen LogP contribution in [0.2, 0.25) is 0 Å². The Morgan fingerprint density at radius 2 is 2.33 bits per heavy atom. The van der Waals surface area contributed by atoms with Crippen LogP contribution in [0.1, 0.15) is 35.3 Å². The summed E-state index contributed by atoms with van der Waals surface area (Å²) < 4.78 is 5.04. The highest BCUT2D eigenvalue weighted by molar-refractivity contribution is 7.09. The van der Waals surface area contributed by atoms with Crippen molar-refractivity contribution in [1.29, 1.82) is 0 Å². The van der Waals surface area contributed by atoms with E-state index in [0.717, 1.165) is 0 Å². The number of hydrogen-bond donors (Lipinski definition) is 2. The highest BCUT2D eigenvalue weighted by atomic mass is 32.1. The second-order valence-corrected chi connectivity index (χ2v) is 4.74. The summed E-state index contributed by atoms with van der Waals surface area (Å²) in [5.41, 5.74) is 0.0113. The minimum absolute atomic E-state index is 0.0113. The molecule has 1 heterocycles. The lowest BCUT2D eigenvalue weighted by Gasteiger charge is -2.08.